The third kappa shape index (κ3) is 3.77. The minimum absolute atomic E-state index is 0.366. The first kappa shape index (κ1) is 14.9. The highest BCUT2D eigenvalue weighted by Gasteiger charge is 2.18. The Kier molecular flexibility index (Phi) is 4.40. The molecule has 106 valence electrons. The molecule has 1 atom stereocenters. The first-order valence-corrected chi connectivity index (χ1v) is 7.61. The molecule has 1 aromatic carbocycles. The number of benzene rings is 1. The van der Waals surface area contributed by atoms with Crippen LogP contribution in [0.25, 0.3) is 5.69 Å². The molecule has 0 unspecified atom stereocenters. The summed E-state index contributed by atoms with van der Waals surface area (Å²) < 4.78 is 17.3. The smallest absolute Gasteiger partial charge is 0.144 e. The number of hydrogen-bond donors (Lipinski definition) is 0. The Morgan fingerprint density at radius 2 is 1.95 bits per heavy atom. The third-order valence-corrected chi connectivity index (χ3v) is 4.13. The maximum atomic E-state index is 11.8. The lowest BCUT2D eigenvalue weighted by molar-refractivity contribution is 0.651. The van der Waals surface area contributed by atoms with Crippen LogP contribution in [0.5, 0.6) is 0 Å². The van der Waals surface area contributed by atoms with E-state index in [0.717, 1.165) is 5.69 Å². The first-order chi connectivity index (χ1) is 9.36. The van der Waals surface area contributed by atoms with Crippen molar-refractivity contribution in [2.45, 2.75) is 25.5 Å². The van der Waals surface area contributed by atoms with E-state index in [0.29, 0.717) is 10.7 Å². The van der Waals surface area contributed by atoms with E-state index < -0.39 is 11.0 Å². The van der Waals surface area contributed by atoms with Crippen LogP contribution in [0.3, 0.4) is 0 Å². The third-order valence-electron chi connectivity index (χ3n) is 2.53. The van der Waals surface area contributed by atoms with Gasteiger partial charge in [-0.25, -0.2) is 9.19 Å². The van der Waals surface area contributed by atoms with Crippen LogP contribution in [0.1, 0.15) is 26.5 Å². The van der Waals surface area contributed by atoms with Crippen LogP contribution < -0.4 is 0 Å². The SMILES string of the molecule is CC(C)(C)[S@](=O)N=Cc1cn(-c2ccc(Cl)cc2)cn1. The molecule has 0 bridgehead atoms. The average Bonchev–Trinajstić information content (AvgIpc) is 2.84. The van der Waals surface area contributed by atoms with Crippen LogP contribution in [0, 0.1) is 0 Å². The Hall–Kier alpha value is -1.46. The summed E-state index contributed by atoms with van der Waals surface area (Å²) in [5, 5.41) is 0.691. The lowest BCUT2D eigenvalue weighted by Crippen LogP contribution is -2.19. The second-order valence-corrected chi connectivity index (χ2v) is 7.65. The Labute approximate surface area is 126 Å². The van der Waals surface area contributed by atoms with Crippen molar-refractivity contribution in [3.63, 3.8) is 0 Å². The van der Waals surface area contributed by atoms with Gasteiger partial charge in [0.05, 0.1) is 17.3 Å². The van der Waals surface area contributed by atoms with Crippen molar-refractivity contribution in [3.05, 3.63) is 47.5 Å². The zero-order valence-electron chi connectivity index (χ0n) is 11.6. The Morgan fingerprint density at radius 1 is 1.30 bits per heavy atom. The Bertz CT molecular complexity index is 641. The molecule has 0 aliphatic rings. The summed E-state index contributed by atoms with van der Waals surface area (Å²) in [4.78, 5) is 4.22. The van der Waals surface area contributed by atoms with Crippen molar-refractivity contribution >= 4 is 28.8 Å². The zero-order chi connectivity index (χ0) is 14.8. The normalized spacial score (nSPS) is 13.8. The number of rotatable bonds is 3. The predicted molar refractivity (Wildman–Crippen MR) is 84.1 cm³/mol. The van der Waals surface area contributed by atoms with Gasteiger partial charge in [0.2, 0.25) is 0 Å². The van der Waals surface area contributed by atoms with Gasteiger partial charge in [0.25, 0.3) is 0 Å². The van der Waals surface area contributed by atoms with E-state index in [1.807, 2.05) is 55.8 Å². The molecule has 0 fully saturated rings. The fourth-order valence-corrected chi connectivity index (χ4v) is 2.07. The minimum atomic E-state index is -1.27. The van der Waals surface area contributed by atoms with Gasteiger partial charge in [-0.05, 0) is 45.0 Å². The molecule has 20 heavy (non-hydrogen) atoms. The molecule has 0 saturated heterocycles. The van der Waals surface area contributed by atoms with Crippen molar-refractivity contribution in [2.75, 3.05) is 0 Å². The summed E-state index contributed by atoms with van der Waals surface area (Å²) in [7, 11) is -1.27. The van der Waals surface area contributed by atoms with E-state index in [4.69, 9.17) is 11.6 Å². The highest BCUT2D eigenvalue weighted by atomic mass is 35.5. The van der Waals surface area contributed by atoms with Crippen molar-refractivity contribution in [2.24, 2.45) is 4.40 Å². The van der Waals surface area contributed by atoms with Crippen molar-refractivity contribution in [3.8, 4) is 5.69 Å². The Morgan fingerprint density at radius 3 is 2.55 bits per heavy atom. The average molecular weight is 310 g/mol. The molecule has 0 radical (unpaired) electrons. The molecule has 0 spiro atoms. The summed E-state index contributed by atoms with van der Waals surface area (Å²) >= 11 is 5.85. The van der Waals surface area contributed by atoms with Crippen LogP contribution in [0.2, 0.25) is 5.02 Å². The predicted octanol–water partition coefficient (Wildman–Crippen LogP) is 3.41. The van der Waals surface area contributed by atoms with E-state index in [9.17, 15) is 4.21 Å². The van der Waals surface area contributed by atoms with Gasteiger partial charge in [-0.2, -0.15) is 4.40 Å². The number of halogens is 1. The molecule has 2 aromatic rings. The van der Waals surface area contributed by atoms with Crippen molar-refractivity contribution in [1.29, 1.82) is 0 Å². The van der Waals surface area contributed by atoms with E-state index in [-0.39, 0.29) is 4.75 Å². The van der Waals surface area contributed by atoms with E-state index in [2.05, 4.69) is 9.38 Å². The van der Waals surface area contributed by atoms with Gasteiger partial charge in [0.1, 0.15) is 16.7 Å². The second kappa shape index (κ2) is 5.89. The fourth-order valence-electron chi connectivity index (χ4n) is 1.42. The highest BCUT2D eigenvalue weighted by molar-refractivity contribution is 7.85. The molecule has 0 N–H and O–H groups in total. The summed E-state index contributed by atoms with van der Waals surface area (Å²) in [6.45, 7) is 5.65. The van der Waals surface area contributed by atoms with Crippen LogP contribution in [-0.4, -0.2) is 24.7 Å². The summed E-state index contributed by atoms with van der Waals surface area (Å²) in [5.74, 6) is 0. The van der Waals surface area contributed by atoms with Crippen LogP contribution in [0.4, 0.5) is 0 Å². The maximum Gasteiger partial charge on any atom is 0.144 e. The molecular weight excluding hydrogens is 294 g/mol. The summed E-state index contributed by atoms with van der Waals surface area (Å²) in [6.07, 6.45) is 5.05. The number of aromatic nitrogens is 2. The molecule has 2 rings (SSSR count). The molecular formula is C14H16ClN3OS. The van der Waals surface area contributed by atoms with Gasteiger partial charge in [-0.3, -0.25) is 0 Å². The topological polar surface area (TPSA) is 47.2 Å². The van der Waals surface area contributed by atoms with Crippen LogP contribution in [0.15, 0.2) is 41.2 Å². The molecule has 1 aromatic heterocycles. The lowest BCUT2D eigenvalue weighted by Gasteiger charge is -2.12. The van der Waals surface area contributed by atoms with Gasteiger partial charge in [0, 0.05) is 16.9 Å². The second-order valence-electron chi connectivity index (χ2n) is 5.28. The van der Waals surface area contributed by atoms with Crippen LogP contribution in [-0.2, 0) is 11.0 Å². The highest BCUT2D eigenvalue weighted by Crippen LogP contribution is 2.14. The molecule has 0 amide bonds. The standard InChI is InChI=1S/C14H16ClN3OS/c1-14(2,3)20(19)17-8-12-9-18(10-16-12)13-6-4-11(15)5-7-13/h4-10H,1-3H3/t20-/m0/s1. The molecule has 0 aliphatic heterocycles. The van der Waals surface area contributed by atoms with Gasteiger partial charge >= 0.3 is 0 Å². The molecule has 4 nitrogen and oxygen atoms in total. The Balaban J connectivity index is 2.15. The fraction of sp³-hybridized carbons (Fsp3) is 0.286. The number of hydrogen-bond acceptors (Lipinski definition) is 2. The van der Waals surface area contributed by atoms with Crippen molar-refractivity contribution in [1.82, 2.24) is 9.55 Å². The van der Waals surface area contributed by atoms with Crippen molar-refractivity contribution < 1.29 is 4.21 Å². The molecule has 6 heteroatoms. The van der Waals surface area contributed by atoms with Gasteiger partial charge < -0.3 is 4.57 Å². The zero-order valence-corrected chi connectivity index (χ0v) is 13.1. The minimum Gasteiger partial charge on any atom is -0.306 e. The number of imidazole rings is 1. The van der Waals surface area contributed by atoms with E-state index in [1.54, 1.807) is 6.33 Å². The van der Waals surface area contributed by atoms with E-state index >= 15 is 0 Å². The summed E-state index contributed by atoms with van der Waals surface area (Å²) in [6, 6.07) is 7.44. The molecule has 0 saturated carbocycles. The monoisotopic (exact) mass is 309 g/mol. The summed E-state index contributed by atoms with van der Waals surface area (Å²) in [5.41, 5.74) is 1.62. The van der Waals surface area contributed by atoms with Gasteiger partial charge in [-0.1, -0.05) is 11.6 Å². The maximum absolute atomic E-state index is 11.8. The quantitative estimate of drug-likeness (QED) is 0.816. The molecule has 0 aliphatic carbocycles. The van der Waals surface area contributed by atoms with Gasteiger partial charge in [0.15, 0.2) is 0 Å². The first-order valence-electron chi connectivity index (χ1n) is 6.12. The lowest BCUT2D eigenvalue weighted by atomic mass is 10.3. The van der Waals surface area contributed by atoms with Gasteiger partial charge in [-0.15, -0.1) is 0 Å². The number of nitrogens with zero attached hydrogens (tertiary/aromatic N) is 3. The molecule has 1 heterocycles. The largest absolute Gasteiger partial charge is 0.306 e. The van der Waals surface area contributed by atoms with E-state index in [1.165, 1.54) is 6.21 Å². The van der Waals surface area contributed by atoms with Crippen LogP contribution >= 0.6 is 11.6 Å².